The molecular weight excluding hydrogens is 691 g/mol. The highest BCUT2D eigenvalue weighted by Crippen LogP contribution is 2.39. The molecule has 0 fully saturated rings. The van der Waals surface area contributed by atoms with E-state index in [1.807, 2.05) is 6.92 Å². The van der Waals surface area contributed by atoms with E-state index in [0.29, 0.717) is 31.0 Å². The van der Waals surface area contributed by atoms with Crippen LogP contribution >= 0.6 is 0 Å². The van der Waals surface area contributed by atoms with Crippen LogP contribution in [0.25, 0.3) is 28.1 Å². The Balaban J connectivity index is 1.55. The molecule has 0 atom stereocenters. The summed E-state index contributed by atoms with van der Waals surface area (Å²) in [6.07, 6.45) is -8.21. The summed E-state index contributed by atoms with van der Waals surface area (Å²) < 4.78 is 195. The van der Waals surface area contributed by atoms with Crippen molar-refractivity contribution in [3.8, 4) is 33.8 Å². The van der Waals surface area contributed by atoms with Gasteiger partial charge in [0.1, 0.15) is 17.5 Å². The van der Waals surface area contributed by atoms with Gasteiger partial charge in [-0.05, 0) is 60.0 Å². The molecule has 0 aromatic heterocycles. The maximum Gasteiger partial charge on any atom is 0.573 e. The lowest BCUT2D eigenvalue weighted by molar-refractivity contribution is -0.276. The molecule has 0 spiro atoms. The summed E-state index contributed by atoms with van der Waals surface area (Å²) in [5, 5.41) is 0. The Morgan fingerprint density at radius 1 is 0.633 bits per heavy atom. The Kier molecular flexibility index (Phi) is 11.1. The lowest BCUT2D eigenvalue weighted by atomic mass is 10.0. The van der Waals surface area contributed by atoms with Crippen LogP contribution in [0.5, 0.6) is 11.5 Å². The molecule has 0 aliphatic heterocycles. The minimum atomic E-state index is -5.52. The second kappa shape index (κ2) is 14.7. The summed E-state index contributed by atoms with van der Waals surface area (Å²) in [7, 11) is 0. The van der Waals surface area contributed by atoms with E-state index in [0.717, 1.165) is 24.6 Å². The van der Waals surface area contributed by atoms with Crippen LogP contribution in [0.1, 0.15) is 37.3 Å². The van der Waals surface area contributed by atoms with Crippen LogP contribution in [0.15, 0.2) is 66.7 Å². The van der Waals surface area contributed by atoms with E-state index in [4.69, 9.17) is 0 Å². The third-order valence-corrected chi connectivity index (χ3v) is 6.74. The van der Waals surface area contributed by atoms with Gasteiger partial charge in [0.15, 0.2) is 23.2 Å². The molecule has 0 N–H and O–H groups in total. The highest BCUT2D eigenvalue weighted by atomic mass is 19.4. The topological polar surface area (TPSA) is 27.7 Å². The van der Waals surface area contributed by atoms with E-state index >= 15 is 0 Å². The molecule has 4 rings (SSSR count). The first-order valence-electron chi connectivity index (χ1n) is 14.0. The summed E-state index contributed by atoms with van der Waals surface area (Å²) in [5.41, 5.74) is -5.03. The molecule has 0 bridgehead atoms. The quantitative estimate of drug-likeness (QED) is 0.0832. The van der Waals surface area contributed by atoms with Gasteiger partial charge in [-0.25, -0.2) is 26.3 Å². The molecule has 0 aliphatic rings. The fraction of sp³-hybridized carbons (Fsp3) is 0.212. The zero-order valence-electron chi connectivity index (χ0n) is 24.7. The van der Waals surface area contributed by atoms with E-state index in [9.17, 15) is 57.1 Å². The Bertz CT molecular complexity index is 1820. The first-order valence-corrected chi connectivity index (χ1v) is 14.0. The number of benzene rings is 4. The van der Waals surface area contributed by atoms with Crippen molar-refractivity contribution in [1.29, 1.82) is 0 Å². The van der Waals surface area contributed by atoms with Gasteiger partial charge in [-0.2, -0.15) is 17.6 Å². The van der Waals surface area contributed by atoms with E-state index in [1.54, 1.807) is 0 Å². The number of halogens is 13. The molecule has 49 heavy (non-hydrogen) atoms. The van der Waals surface area contributed by atoms with Crippen molar-refractivity contribution in [1.82, 2.24) is 0 Å². The van der Waals surface area contributed by atoms with E-state index in [2.05, 4.69) is 14.2 Å². The summed E-state index contributed by atoms with van der Waals surface area (Å²) in [6, 6.07) is 3.12. The molecule has 0 unspecified atom stereocenters. The maximum atomic E-state index is 14.9. The van der Waals surface area contributed by atoms with Crippen LogP contribution < -0.4 is 9.47 Å². The molecule has 0 amide bonds. The Morgan fingerprint density at radius 3 is 1.80 bits per heavy atom. The van der Waals surface area contributed by atoms with Crippen molar-refractivity contribution in [2.24, 2.45) is 0 Å². The first-order chi connectivity index (χ1) is 22.9. The van der Waals surface area contributed by atoms with E-state index in [-0.39, 0.29) is 42.0 Å². The van der Waals surface area contributed by atoms with Crippen molar-refractivity contribution in [3.63, 3.8) is 0 Å². The van der Waals surface area contributed by atoms with Crippen molar-refractivity contribution < 1.29 is 71.3 Å². The Hall–Kier alpha value is -4.89. The Morgan fingerprint density at radius 2 is 1.24 bits per heavy atom. The molecular formula is C33H21F13O3. The molecule has 0 aliphatic carbocycles. The van der Waals surface area contributed by atoms with Gasteiger partial charge in [0.25, 0.3) is 0 Å². The van der Waals surface area contributed by atoms with Gasteiger partial charge < -0.3 is 14.2 Å². The minimum Gasteiger partial charge on any atom is -0.469 e. The summed E-state index contributed by atoms with van der Waals surface area (Å²) in [4.78, 5) is 0. The molecule has 0 radical (unpaired) electrons. The highest BCUT2D eigenvalue weighted by molar-refractivity contribution is 5.70. The van der Waals surface area contributed by atoms with E-state index in [1.165, 1.54) is 0 Å². The number of hydrogen-bond acceptors (Lipinski definition) is 3. The van der Waals surface area contributed by atoms with Gasteiger partial charge in [-0.3, -0.25) is 0 Å². The number of ether oxygens (including phenoxy) is 3. The number of alkyl halides is 5. The van der Waals surface area contributed by atoms with Gasteiger partial charge >= 0.3 is 18.5 Å². The van der Waals surface area contributed by atoms with E-state index < -0.39 is 93.0 Å². The lowest BCUT2D eigenvalue weighted by Gasteiger charge is -2.20. The third-order valence-electron chi connectivity index (χ3n) is 6.74. The zero-order valence-corrected chi connectivity index (χ0v) is 24.7. The van der Waals surface area contributed by atoms with Gasteiger partial charge in [0.2, 0.25) is 11.6 Å². The second-order valence-electron chi connectivity index (χ2n) is 10.2. The van der Waals surface area contributed by atoms with Crippen LogP contribution in [-0.4, -0.2) is 13.0 Å². The zero-order chi connectivity index (χ0) is 36.3. The fourth-order valence-corrected chi connectivity index (χ4v) is 4.46. The largest absolute Gasteiger partial charge is 0.573 e. The van der Waals surface area contributed by atoms with Gasteiger partial charge in [0.05, 0.1) is 17.7 Å². The number of hydrogen-bond donors (Lipinski definition) is 0. The van der Waals surface area contributed by atoms with Gasteiger partial charge in [0, 0.05) is 11.1 Å². The minimum absolute atomic E-state index is 0.0236. The number of rotatable bonds is 12. The Labute approximate surface area is 269 Å². The molecule has 0 saturated carbocycles. The molecule has 16 heteroatoms. The maximum absolute atomic E-state index is 14.9. The van der Waals surface area contributed by atoms with Crippen molar-refractivity contribution >= 4 is 5.83 Å². The molecule has 3 nitrogen and oxygen atoms in total. The molecule has 0 heterocycles. The SMILES string of the molecule is CCCCCOC(F)=C(F)c1ccc(-c2ccc(OC(F)(F)c3cc(F)c(-c4cc(F)c(OC(F)(F)F)c(F)c4)c(F)c3)c(F)c2)c(F)c1. The standard InChI is InChI=1S/C33H21F13O3/c1-2-3-4-9-47-31(41)29(40)17-5-7-20(21(34)11-17)16-6-8-27(22(35)10-16)48-32(42,43)19-14-23(36)28(24(37)15-19)18-12-25(38)30(26(39)13-18)49-33(44,45)46/h5-8,10-15H,2-4,9H2,1H3. The van der Waals surface area contributed by atoms with Gasteiger partial charge in [-0.1, -0.05) is 38.0 Å². The number of unbranched alkanes of at least 4 members (excludes halogenated alkanes) is 2. The monoisotopic (exact) mass is 712 g/mol. The first kappa shape index (κ1) is 36.9. The normalized spacial score (nSPS) is 12.5. The summed E-state index contributed by atoms with van der Waals surface area (Å²) in [6.45, 7) is 1.78. The van der Waals surface area contributed by atoms with Crippen LogP contribution in [0, 0.1) is 34.9 Å². The summed E-state index contributed by atoms with van der Waals surface area (Å²) >= 11 is 0. The molecule has 4 aromatic carbocycles. The van der Waals surface area contributed by atoms with Crippen molar-refractivity contribution in [2.45, 2.75) is 38.7 Å². The predicted octanol–water partition coefficient (Wildman–Crippen LogP) is 11.7. The van der Waals surface area contributed by atoms with Crippen LogP contribution in [0.3, 0.4) is 0 Å². The van der Waals surface area contributed by atoms with Crippen molar-refractivity contribution in [2.75, 3.05) is 6.61 Å². The van der Waals surface area contributed by atoms with Crippen molar-refractivity contribution in [3.05, 3.63) is 113 Å². The van der Waals surface area contributed by atoms with Crippen LogP contribution in [-0.2, 0) is 10.8 Å². The predicted molar refractivity (Wildman–Crippen MR) is 149 cm³/mol. The fourth-order valence-electron chi connectivity index (χ4n) is 4.46. The molecule has 4 aromatic rings. The molecule has 0 saturated heterocycles. The summed E-state index contributed by atoms with van der Waals surface area (Å²) in [5.74, 6) is -15.0. The lowest BCUT2D eigenvalue weighted by Crippen LogP contribution is -2.23. The average molecular weight is 713 g/mol. The highest BCUT2D eigenvalue weighted by Gasteiger charge is 2.38. The average Bonchev–Trinajstić information content (AvgIpc) is 3.00. The second-order valence-corrected chi connectivity index (χ2v) is 10.2. The third kappa shape index (κ3) is 8.78. The van der Waals surface area contributed by atoms with Crippen LogP contribution in [0.2, 0.25) is 0 Å². The smallest absolute Gasteiger partial charge is 0.469 e. The molecule has 262 valence electrons. The van der Waals surface area contributed by atoms with Crippen LogP contribution in [0.4, 0.5) is 57.1 Å². The van der Waals surface area contributed by atoms with Gasteiger partial charge in [-0.15, -0.1) is 13.2 Å².